The molecule has 0 aliphatic carbocycles. The van der Waals surface area contributed by atoms with Crippen LogP contribution in [0.25, 0.3) is 0 Å². The highest BCUT2D eigenvalue weighted by Gasteiger charge is 2.44. The van der Waals surface area contributed by atoms with Gasteiger partial charge in [-0.15, -0.1) is 0 Å². The maximum Gasteiger partial charge on any atom is 0.703 e. The van der Waals surface area contributed by atoms with Gasteiger partial charge in [-0.05, 0) is 37.1 Å². The van der Waals surface area contributed by atoms with Crippen molar-refractivity contribution in [3.63, 3.8) is 0 Å². The molecule has 0 N–H and O–H groups in total. The molecule has 0 spiro atoms. The first kappa shape index (κ1) is 24.2. The topological polar surface area (TPSA) is 108 Å². The van der Waals surface area contributed by atoms with Crippen molar-refractivity contribution in [2.24, 2.45) is 5.92 Å². The van der Waals surface area contributed by atoms with E-state index in [1.165, 1.54) is 31.2 Å². The number of esters is 1. The lowest BCUT2D eigenvalue weighted by atomic mass is 10.1. The second kappa shape index (κ2) is 12.0. The van der Waals surface area contributed by atoms with Gasteiger partial charge in [0.2, 0.25) is 0 Å². The fourth-order valence-corrected chi connectivity index (χ4v) is 3.46. The minimum Gasteiger partial charge on any atom is -0.464 e. The van der Waals surface area contributed by atoms with Crippen LogP contribution in [0.2, 0.25) is 0 Å². The lowest BCUT2D eigenvalue weighted by molar-refractivity contribution is -0.384. The van der Waals surface area contributed by atoms with Crippen molar-refractivity contribution in [3.8, 4) is 11.5 Å². The van der Waals surface area contributed by atoms with E-state index in [4.69, 9.17) is 14.1 Å². The molecular weight excluding hydrogens is 423 g/mol. The molecule has 0 bridgehead atoms. The Labute approximate surface area is 181 Å². The van der Waals surface area contributed by atoms with E-state index in [1.54, 1.807) is 30.3 Å². The summed E-state index contributed by atoms with van der Waals surface area (Å²) in [7, 11) is -2.68. The van der Waals surface area contributed by atoms with E-state index in [0.717, 1.165) is 17.7 Å². The van der Waals surface area contributed by atoms with E-state index in [2.05, 4.69) is 0 Å². The van der Waals surface area contributed by atoms with Crippen molar-refractivity contribution < 1.29 is 28.4 Å². The monoisotopic (exact) mass is 449 g/mol. The van der Waals surface area contributed by atoms with Crippen LogP contribution in [0.3, 0.4) is 0 Å². The lowest BCUT2D eigenvalue weighted by Crippen LogP contribution is -2.39. The molecule has 0 aliphatic heterocycles. The molecule has 2 aromatic carbocycles. The SMILES string of the molecule is CCC(CC)COC(=O)[C@H](C)N(Oc1ccccc1)[P+](=O)Oc1ccc([N+](=O)[O-])cc1. The Bertz CT molecular complexity index is 873. The molecule has 1 unspecified atom stereocenters. The number of rotatable bonds is 12. The number of carbonyl (C=O) groups is 1. The molecule has 0 amide bonds. The Balaban J connectivity index is 2.15. The van der Waals surface area contributed by atoms with E-state index >= 15 is 0 Å². The van der Waals surface area contributed by atoms with Crippen LogP contribution in [-0.4, -0.2) is 28.4 Å². The molecule has 0 aromatic heterocycles. The smallest absolute Gasteiger partial charge is 0.464 e. The highest BCUT2D eigenvalue weighted by atomic mass is 31.1. The maximum atomic E-state index is 12.9. The van der Waals surface area contributed by atoms with Crippen molar-refractivity contribution in [2.75, 3.05) is 6.61 Å². The van der Waals surface area contributed by atoms with Crippen LogP contribution in [0.1, 0.15) is 33.6 Å². The molecule has 0 aliphatic rings. The number of nitrogens with zero attached hydrogens (tertiary/aromatic N) is 2. The first-order valence-corrected chi connectivity index (χ1v) is 11.1. The van der Waals surface area contributed by atoms with Gasteiger partial charge in [-0.1, -0.05) is 44.9 Å². The molecular formula is C21H26N2O7P+. The van der Waals surface area contributed by atoms with E-state index in [1.807, 2.05) is 13.8 Å². The number of hydrogen-bond acceptors (Lipinski definition) is 7. The van der Waals surface area contributed by atoms with Crippen LogP contribution in [-0.2, 0) is 14.1 Å². The summed E-state index contributed by atoms with van der Waals surface area (Å²) < 4.78 is 23.7. The minimum absolute atomic E-state index is 0.127. The van der Waals surface area contributed by atoms with E-state index < -0.39 is 25.1 Å². The van der Waals surface area contributed by atoms with E-state index in [-0.39, 0.29) is 24.0 Å². The predicted octanol–water partition coefficient (Wildman–Crippen LogP) is 5.29. The second-order valence-corrected chi connectivity index (χ2v) is 7.83. The summed E-state index contributed by atoms with van der Waals surface area (Å²) in [4.78, 5) is 29.4. The molecule has 0 heterocycles. The number of nitro benzene ring substituents is 1. The van der Waals surface area contributed by atoms with Gasteiger partial charge in [0.1, 0.15) is 4.83 Å². The Morgan fingerprint density at radius 1 is 1.06 bits per heavy atom. The minimum atomic E-state index is -2.68. The van der Waals surface area contributed by atoms with Crippen molar-refractivity contribution in [2.45, 2.75) is 39.7 Å². The number of para-hydroxylation sites is 1. The van der Waals surface area contributed by atoms with Crippen LogP contribution >= 0.6 is 8.18 Å². The van der Waals surface area contributed by atoms with Gasteiger partial charge in [-0.3, -0.25) is 14.9 Å². The van der Waals surface area contributed by atoms with Crippen LogP contribution in [0, 0.1) is 16.0 Å². The Kier molecular flexibility index (Phi) is 9.37. The average molecular weight is 449 g/mol. The summed E-state index contributed by atoms with van der Waals surface area (Å²) >= 11 is 0. The fourth-order valence-electron chi connectivity index (χ4n) is 2.54. The zero-order chi connectivity index (χ0) is 22.8. The van der Waals surface area contributed by atoms with Crippen molar-refractivity contribution in [3.05, 3.63) is 64.7 Å². The lowest BCUT2D eigenvalue weighted by Gasteiger charge is -2.18. The van der Waals surface area contributed by atoms with E-state index in [0.29, 0.717) is 5.75 Å². The molecule has 10 heteroatoms. The van der Waals surface area contributed by atoms with Crippen molar-refractivity contribution in [1.82, 2.24) is 4.83 Å². The highest BCUT2D eigenvalue weighted by molar-refractivity contribution is 7.36. The summed E-state index contributed by atoms with van der Waals surface area (Å²) in [5, 5.41) is 10.8. The van der Waals surface area contributed by atoms with Crippen LogP contribution < -0.4 is 9.36 Å². The molecule has 0 fully saturated rings. The van der Waals surface area contributed by atoms with Gasteiger partial charge in [-0.25, -0.2) is 4.52 Å². The second-order valence-electron chi connectivity index (χ2n) is 6.78. The van der Waals surface area contributed by atoms with Gasteiger partial charge in [0.15, 0.2) is 17.5 Å². The summed E-state index contributed by atoms with van der Waals surface area (Å²) in [6.45, 7) is 5.80. The van der Waals surface area contributed by atoms with Gasteiger partial charge in [0.05, 0.1) is 11.5 Å². The number of carbonyl (C=O) groups excluding carboxylic acids is 1. The molecule has 2 rings (SSSR count). The third-order valence-electron chi connectivity index (χ3n) is 4.62. The quantitative estimate of drug-likeness (QED) is 0.186. The number of non-ortho nitro benzene ring substituents is 1. The summed E-state index contributed by atoms with van der Waals surface area (Å²) in [6, 6.07) is 12.6. The molecule has 0 saturated heterocycles. The Hall–Kier alpha value is -3.03. The van der Waals surface area contributed by atoms with Crippen molar-refractivity contribution >= 4 is 19.8 Å². The van der Waals surface area contributed by atoms with Gasteiger partial charge in [0, 0.05) is 16.7 Å². The van der Waals surface area contributed by atoms with Crippen molar-refractivity contribution in [1.29, 1.82) is 0 Å². The molecule has 0 radical (unpaired) electrons. The van der Waals surface area contributed by atoms with E-state index in [9.17, 15) is 19.5 Å². The standard InChI is InChI=1S/C21H26N2O7P/c1-4-17(5-2)15-28-21(24)16(3)23(29-19-9-7-6-8-10-19)31(27)30-20-13-11-18(12-14-20)22(25)26/h6-14,16-17H,4-5,15H2,1-3H3/q+1/t16-/m0/s1. The third kappa shape index (κ3) is 7.31. The molecule has 9 nitrogen and oxygen atoms in total. The van der Waals surface area contributed by atoms with Gasteiger partial charge in [-0.2, -0.15) is 0 Å². The summed E-state index contributed by atoms with van der Waals surface area (Å²) in [5.41, 5.74) is -0.127. The molecule has 2 atom stereocenters. The Morgan fingerprint density at radius 3 is 2.23 bits per heavy atom. The molecule has 166 valence electrons. The average Bonchev–Trinajstić information content (AvgIpc) is 2.78. The fraction of sp³-hybridized carbons (Fsp3) is 0.381. The van der Waals surface area contributed by atoms with Gasteiger partial charge in [0.25, 0.3) is 5.69 Å². The van der Waals surface area contributed by atoms with Crippen LogP contribution in [0.4, 0.5) is 5.69 Å². The number of hydrogen-bond donors (Lipinski definition) is 0. The van der Waals surface area contributed by atoms with Gasteiger partial charge >= 0.3 is 14.1 Å². The number of benzene rings is 2. The number of ether oxygens (including phenoxy) is 1. The number of hydroxylamine groups is 1. The zero-order valence-electron chi connectivity index (χ0n) is 17.7. The largest absolute Gasteiger partial charge is 0.703 e. The summed E-state index contributed by atoms with van der Waals surface area (Å²) in [5.74, 6) is 0.131. The Morgan fingerprint density at radius 2 is 1.68 bits per heavy atom. The van der Waals surface area contributed by atoms with Gasteiger partial charge < -0.3 is 9.57 Å². The predicted molar refractivity (Wildman–Crippen MR) is 115 cm³/mol. The molecule has 31 heavy (non-hydrogen) atoms. The van der Waals surface area contributed by atoms with Crippen LogP contribution in [0.5, 0.6) is 11.5 Å². The molecule has 2 aromatic rings. The first-order chi connectivity index (χ1) is 14.8. The highest BCUT2D eigenvalue weighted by Crippen LogP contribution is 2.35. The normalized spacial score (nSPS) is 12.4. The third-order valence-corrected chi connectivity index (χ3v) is 5.74. The van der Waals surface area contributed by atoms with Crippen LogP contribution in [0.15, 0.2) is 54.6 Å². The number of nitro groups is 1. The maximum absolute atomic E-state index is 12.9. The first-order valence-electron chi connectivity index (χ1n) is 9.94. The zero-order valence-corrected chi connectivity index (χ0v) is 18.6. The summed E-state index contributed by atoms with van der Waals surface area (Å²) in [6.07, 6.45) is 1.75. The molecule has 0 saturated carbocycles.